The van der Waals surface area contributed by atoms with E-state index in [4.69, 9.17) is 0 Å². The zero-order chi connectivity index (χ0) is 13.4. The summed E-state index contributed by atoms with van der Waals surface area (Å²) in [6.07, 6.45) is 0.974. The molecule has 0 radical (unpaired) electrons. The number of nitrogens with zero attached hydrogens (tertiary/aromatic N) is 1. The molecule has 98 valence electrons. The van der Waals surface area contributed by atoms with Gasteiger partial charge in [-0.1, -0.05) is 11.6 Å². The van der Waals surface area contributed by atoms with Crippen molar-refractivity contribution in [2.45, 2.75) is 19.9 Å². The quantitative estimate of drug-likeness (QED) is 0.770. The molecule has 0 unspecified atom stereocenters. The van der Waals surface area contributed by atoms with E-state index in [0.29, 0.717) is 0 Å². The van der Waals surface area contributed by atoms with Crippen molar-refractivity contribution >= 4 is 33.2 Å². The minimum absolute atomic E-state index is 0.118. The van der Waals surface area contributed by atoms with E-state index in [1.165, 1.54) is 10.4 Å². The fourth-order valence-electron chi connectivity index (χ4n) is 2.40. The third-order valence-corrected chi connectivity index (χ3v) is 5.16. The summed E-state index contributed by atoms with van der Waals surface area (Å²) in [7, 11) is 0. The Kier molecular flexibility index (Phi) is 3.46. The number of fused-ring (bicyclic) bond motifs is 1. The molecule has 1 amide bonds. The minimum atomic E-state index is 0.118. The molecule has 0 aliphatic carbocycles. The number of hydrogen-bond donors (Lipinski definition) is 0. The van der Waals surface area contributed by atoms with Gasteiger partial charge < -0.3 is 4.90 Å². The lowest BCUT2D eigenvalue weighted by Gasteiger charge is -2.27. The molecule has 0 atom stereocenters. The van der Waals surface area contributed by atoms with Crippen molar-refractivity contribution < 1.29 is 4.79 Å². The van der Waals surface area contributed by atoms with Crippen molar-refractivity contribution in [3.8, 4) is 0 Å². The predicted octanol–water partition coefficient (Wildman–Crippen LogP) is 4.02. The second kappa shape index (κ2) is 5.10. The molecule has 2 aromatic rings. The molecule has 2 heterocycles. The van der Waals surface area contributed by atoms with E-state index < -0.39 is 0 Å². The molecule has 1 aromatic carbocycles. The van der Waals surface area contributed by atoms with Gasteiger partial charge in [-0.3, -0.25) is 4.79 Å². The van der Waals surface area contributed by atoms with Gasteiger partial charge in [0.25, 0.3) is 5.91 Å². The number of halogens is 1. The normalized spacial score (nSPS) is 14.3. The zero-order valence-electron chi connectivity index (χ0n) is 10.6. The molecule has 0 N–H and O–H groups in total. The molecule has 3 rings (SSSR count). The molecule has 1 aromatic heterocycles. The molecule has 19 heavy (non-hydrogen) atoms. The first-order valence-electron chi connectivity index (χ1n) is 6.26. The smallest absolute Gasteiger partial charge is 0.255 e. The highest BCUT2D eigenvalue weighted by molar-refractivity contribution is 9.10. The molecule has 0 saturated carbocycles. The van der Waals surface area contributed by atoms with Crippen LogP contribution in [0.15, 0.2) is 34.1 Å². The number of carbonyl (C=O) groups is 1. The number of amides is 1. The minimum Gasteiger partial charge on any atom is -0.334 e. The van der Waals surface area contributed by atoms with E-state index in [1.54, 1.807) is 11.3 Å². The van der Waals surface area contributed by atoms with Crippen molar-refractivity contribution in [2.75, 3.05) is 6.54 Å². The molecule has 2 nitrogen and oxygen atoms in total. The van der Waals surface area contributed by atoms with Crippen LogP contribution < -0.4 is 0 Å². The average molecular weight is 336 g/mol. The van der Waals surface area contributed by atoms with Gasteiger partial charge in [0.05, 0.1) is 5.56 Å². The molecule has 0 fully saturated rings. The van der Waals surface area contributed by atoms with Crippen LogP contribution in [-0.2, 0) is 13.0 Å². The van der Waals surface area contributed by atoms with Gasteiger partial charge >= 0.3 is 0 Å². The highest BCUT2D eigenvalue weighted by Crippen LogP contribution is 2.27. The van der Waals surface area contributed by atoms with Gasteiger partial charge in [-0.2, -0.15) is 0 Å². The molecule has 0 spiro atoms. The topological polar surface area (TPSA) is 20.3 Å². The average Bonchev–Trinajstić information content (AvgIpc) is 2.88. The number of aryl methyl sites for hydroxylation is 1. The van der Waals surface area contributed by atoms with Crippen LogP contribution >= 0.6 is 27.3 Å². The molecular weight excluding hydrogens is 322 g/mol. The van der Waals surface area contributed by atoms with E-state index in [9.17, 15) is 4.79 Å². The van der Waals surface area contributed by atoms with Gasteiger partial charge in [-0.05, 0) is 58.4 Å². The van der Waals surface area contributed by atoms with Crippen LogP contribution in [0.1, 0.15) is 26.4 Å². The van der Waals surface area contributed by atoms with E-state index >= 15 is 0 Å². The van der Waals surface area contributed by atoms with Crippen LogP contribution in [0.4, 0.5) is 0 Å². The zero-order valence-corrected chi connectivity index (χ0v) is 13.1. The molecule has 0 bridgehead atoms. The second-order valence-electron chi connectivity index (χ2n) is 4.83. The first-order chi connectivity index (χ1) is 9.15. The van der Waals surface area contributed by atoms with Crippen molar-refractivity contribution in [1.29, 1.82) is 0 Å². The SMILES string of the molecule is Cc1ccc(Br)c(C(=O)N2CCc3sccc3C2)c1. The Labute approximate surface area is 125 Å². The van der Waals surface area contributed by atoms with Gasteiger partial charge in [0, 0.05) is 22.4 Å². The fraction of sp³-hybridized carbons (Fsp3) is 0.267. The predicted molar refractivity (Wildman–Crippen MR) is 81.6 cm³/mol. The monoisotopic (exact) mass is 335 g/mol. The third-order valence-electron chi connectivity index (χ3n) is 3.45. The fourth-order valence-corrected chi connectivity index (χ4v) is 3.70. The van der Waals surface area contributed by atoms with Crippen LogP contribution in [0.2, 0.25) is 0 Å². The summed E-state index contributed by atoms with van der Waals surface area (Å²) in [5, 5.41) is 2.11. The summed E-state index contributed by atoms with van der Waals surface area (Å²) in [4.78, 5) is 16.0. The largest absolute Gasteiger partial charge is 0.334 e. The Morgan fingerprint density at radius 2 is 2.21 bits per heavy atom. The maximum absolute atomic E-state index is 12.6. The molecule has 1 aliphatic heterocycles. The van der Waals surface area contributed by atoms with Crippen LogP contribution in [0, 0.1) is 6.92 Å². The lowest BCUT2D eigenvalue weighted by atomic mass is 10.1. The van der Waals surface area contributed by atoms with Crippen LogP contribution in [0.3, 0.4) is 0 Å². The maximum atomic E-state index is 12.6. The van der Waals surface area contributed by atoms with E-state index in [0.717, 1.165) is 35.1 Å². The standard InChI is InChI=1S/C15H14BrNOS/c1-10-2-3-13(16)12(8-10)15(18)17-6-4-14-11(9-17)5-7-19-14/h2-3,5,7-8H,4,6,9H2,1H3. The summed E-state index contributed by atoms with van der Waals surface area (Å²) < 4.78 is 0.874. The van der Waals surface area contributed by atoms with Gasteiger partial charge in [0.15, 0.2) is 0 Å². The number of carbonyl (C=O) groups excluding carboxylic acids is 1. The number of rotatable bonds is 1. The summed E-state index contributed by atoms with van der Waals surface area (Å²) in [5.41, 5.74) is 3.17. The maximum Gasteiger partial charge on any atom is 0.255 e. The van der Waals surface area contributed by atoms with Crippen molar-refractivity contribution in [3.63, 3.8) is 0 Å². The van der Waals surface area contributed by atoms with Gasteiger partial charge in [-0.15, -0.1) is 11.3 Å². The lowest BCUT2D eigenvalue weighted by Crippen LogP contribution is -2.35. The highest BCUT2D eigenvalue weighted by Gasteiger charge is 2.23. The van der Waals surface area contributed by atoms with Crippen LogP contribution in [-0.4, -0.2) is 17.4 Å². The van der Waals surface area contributed by atoms with Crippen molar-refractivity contribution in [2.24, 2.45) is 0 Å². The summed E-state index contributed by atoms with van der Waals surface area (Å²) in [5.74, 6) is 0.118. The molecular formula is C15H14BrNOS. The van der Waals surface area contributed by atoms with Gasteiger partial charge in [0.1, 0.15) is 0 Å². The van der Waals surface area contributed by atoms with Crippen molar-refractivity contribution in [1.82, 2.24) is 4.90 Å². The molecule has 0 saturated heterocycles. The van der Waals surface area contributed by atoms with E-state index in [-0.39, 0.29) is 5.91 Å². The first-order valence-corrected chi connectivity index (χ1v) is 7.93. The second-order valence-corrected chi connectivity index (χ2v) is 6.68. The molecule has 4 heteroatoms. The molecule has 1 aliphatic rings. The van der Waals surface area contributed by atoms with Crippen LogP contribution in [0.25, 0.3) is 0 Å². The summed E-state index contributed by atoms with van der Waals surface area (Å²) in [6, 6.07) is 8.04. The van der Waals surface area contributed by atoms with Crippen LogP contribution in [0.5, 0.6) is 0 Å². The Morgan fingerprint density at radius 1 is 1.37 bits per heavy atom. The van der Waals surface area contributed by atoms with Gasteiger partial charge in [0.2, 0.25) is 0 Å². The van der Waals surface area contributed by atoms with Crippen molar-refractivity contribution in [3.05, 3.63) is 55.7 Å². The first kappa shape index (κ1) is 12.9. The Bertz CT molecular complexity index is 635. The Morgan fingerprint density at radius 3 is 3.05 bits per heavy atom. The number of hydrogen-bond acceptors (Lipinski definition) is 2. The summed E-state index contributed by atoms with van der Waals surface area (Å²) >= 11 is 5.27. The number of benzene rings is 1. The number of thiophene rings is 1. The Hall–Kier alpha value is -1.13. The lowest BCUT2D eigenvalue weighted by molar-refractivity contribution is 0.0735. The van der Waals surface area contributed by atoms with E-state index in [1.807, 2.05) is 30.0 Å². The van der Waals surface area contributed by atoms with E-state index in [2.05, 4.69) is 27.4 Å². The highest BCUT2D eigenvalue weighted by atomic mass is 79.9. The van der Waals surface area contributed by atoms with Gasteiger partial charge in [-0.25, -0.2) is 0 Å². The third kappa shape index (κ3) is 2.47. The summed E-state index contributed by atoms with van der Waals surface area (Å²) in [6.45, 7) is 3.56. The Balaban J connectivity index is 1.87.